The van der Waals surface area contributed by atoms with Crippen molar-refractivity contribution >= 4 is 21.7 Å². The van der Waals surface area contributed by atoms with Gasteiger partial charge in [0.05, 0.1) is 10.9 Å². The van der Waals surface area contributed by atoms with Crippen LogP contribution < -0.4 is 4.57 Å². The minimum Gasteiger partial charge on any atom is -0.187 e. The molecule has 27 heavy (non-hydrogen) atoms. The van der Waals surface area contributed by atoms with Crippen molar-refractivity contribution in [3.8, 4) is 22.4 Å². The second kappa shape index (κ2) is 5.52. The van der Waals surface area contributed by atoms with E-state index < -0.39 is 0 Å². The molecule has 0 saturated carbocycles. The van der Waals surface area contributed by atoms with Crippen LogP contribution in [0.1, 0.15) is 5.56 Å². The minimum absolute atomic E-state index is 0.936. The number of hydrogen-bond donors (Lipinski definition) is 0. The molecule has 126 valence electrons. The highest BCUT2D eigenvalue weighted by molar-refractivity contribution is 5.96. The number of benzene rings is 4. The molecule has 5 aromatic rings. The van der Waals surface area contributed by atoms with E-state index in [2.05, 4.69) is 102 Å². The molecule has 6 rings (SSSR count). The Bertz CT molecular complexity index is 1330. The summed E-state index contributed by atoms with van der Waals surface area (Å²) in [5.74, 6) is 0. The first-order valence-electron chi connectivity index (χ1n) is 9.41. The maximum atomic E-state index is 2.46. The predicted molar refractivity (Wildman–Crippen MR) is 112 cm³/mol. The number of rotatable bonds is 1. The topological polar surface area (TPSA) is 3.88 Å². The van der Waals surface area contributed by atoms with E-state index in [9.17, 15) is 0 Å². The summed E-state index contributed by atoms with van der Waals surface area (Å²) < 4.78 is 2.46. The van der Waals surface area contributed by atoms with Crippen LogP contribution in [-0.4, -0.2) is 0 Å². The molecule has 4 aromatic carbocycles. The van der Waals surface area contributed by atoms with Gasteiger partial charge in [-0.25, -0.2) is 0 Å². The Morgan fingerprint density at radius 1 is 0.593 bits per heavy atom. The molecule has 0 spiro atoms. The zero-order valence-electron chi connectivity index (χ0n) is 14.9. The molecule has 0 amide bonds. The van der Waals surface area contributed by atoms with Gasteiger partial charge in [-0.1, -0.05) is 66.7 Å². The molecule has 1 aromatic heterocycles. The largest absolute Gasteiger partial charge is 0.214 e. The van der Waals surface area contributed by atoms with Crippen LogP contribution in [0, 0.1) is 0 Å². The quantitative estimate of drug-likeness (QED) is 0.323. The number of para-hydroxylation sites is 1. The van der Waals surface area contributed by atoms with Crippen LogP contribution >= 0.6 is 0 Å². The maximum Gasteiger partial charge on any atom is 0.214 e. The van der Waals surface area contributed by atoms with E-state index in [0.717, 1.165) is 6.54 Å². The lowest BCUT2D eigenvalue weighted by atomic mass is 9.97. The molecule has 0 saturated heterocycles. The molecule has 2 heterocycles. The molecule has 0 radical (unpaired) electrons. The number of pyridine rings is 1. The lowest BCUT2D eigenvalue weighted by Crippen LogP contribution is -2.33. The highest BCUT2D eigenvalue weighted by Crippen LogP contribution is 2.37. The van der Waals surface area contributed by atoms with Crippen molar-refractivity contribution in [2.75, 3.05) is 0 Å². The Morgan fingerprint density at radius 2 is 1.30 bits per heavy atom. The Balaban J connectivity index is 1.70. The third-order valence-electron chi connectivity index (χ3n) is 5.72. The normalized spacial score (nSPS) is 12.3. The van der Waals surface area contributed by atoms with Gasteiger partial charge >= 0.3 is 0 Å². The lowest BCUT2D eigenvalue weighted by Gasteiger charge is -2.08. The molecule has 0 fully saturated rings. The van der Waals surface area contributed by atoms with E-state index in [1.165, 1.54) is 49.6 Å². The van der Waals surface area contributed by atoms with Crippen molar-refractivity contribution in [3.63, 3.8) is 0 Å². The van der Waals surface area contributed by atoms with Crippen molar-refractivity contribution in [2.45, 2.75) is 6.54 Å². The summed E-state index contributed by atoms with van der Waals surface area (Å²) in [5.41, 5.74) is 7.95. The monoisotopic (exact) mass is 344 g/mol. The van der Waals surface area contributed by atoms with Crippen molar-refractivity contribution < 1.29 is 4.57 Å². The van der Waals surface area contributed by atoms with Gasteiger partial charge in [-0.3, -0.25) is 0 Å². The van der Waals surface area contributed by atoms with Crippen molar-refractivity contribution in [1.29, 1.82) is 0 Å². The molecule has 1 nitrogen and oxygen atoms in total. The van der Waals surface area contributed by atoms with E-state index in [1.54, 1.807) is 0 Å². The summed E-state index contributed by atoms with van der Waals surface area (Å²) in [6, 6.07) is 35.2. The molecule has 0 bridgehead atoms. The van der Waals surface area contributed by atoms with E-state index in [0.29, 0.717) is 0 Å². The highest BCUT2D eigenvalue weighted by Gasteiger charge is 2.30. The summed E-state index contributed by atoms with van der Waals surface area (Å²) in [4.78, 5) is 0. The van der Waals surface area contributed by atoms with Crippen molar-refractivity contribution in [2.24, 2.45) is 0 Å². The number of nitrogens with zero attached hydrogens (tertiary/aromatic N) is 1. The van der Waals surface area contributed by atoms with Crippen LogP contribution in [0.3, 0.4) is 0 Å². The summed E-state index contributed by atoms with van der Waals surface area (Å²) in [7, 11) is 0. The fraction of sp³-hybridized carbons (Fsp3) is 0.0385. The fourth-order valence-electron chi connectivity index (χ4n) is 4.44. The second-order valence-corrected chi connectivity index (χ2v) is 7.27. The van der Waals surface area contributed by atoms with Gasteiger partial charge in [0.15, 0.2) is 6.54 Å². The third-order valence-corrected chi connectivity index (χ3v) is 5.72. The average molecular weight is 344 g/mol. The fourth-order valence-corrected chi connectivity index (χ4v) is 4.44. The van der Waals surface area contributed by atoms with E-state index in [4.69, 9.17) is 0 Å². The van der Waals surface area contributed by atoms with E-state index in [1.807, 2.05) is 0 Å². The first-order valence-corrected chi connectivity index (χ1v) is 9.41. The Labute approximate surface area is 158 Å². The summed E-state index contributed by atoms with van der Waals surface area (Å²) >= 11 is 0. The van der Waals surface area contributed by atoms with Crippen LogP contribution in [0.4, 0.5) is 0 Å². The minimum atomic E-state index is 0.936. The molecule has 0 atom stereocenters. The molecule has 1 heteroatoms. The molecule has 1 aliphatic heterocycles. The van der Waals surface area contributed by atoms with Gasteiger partial charge < -0.3 is 0 Å². The first-order chi connectivity index (χ1) is 13.4. The highest BCUT2D eigenvalue weighted by atomic mass is 15.0. The van der Waals surface area contributed by atoms with Crippen molar-refractivity contribution in [1.82, 2.24) is 0 Å². The number of hydrogen-bond acceptors (Lipinski definition) is 0. The van der Waals surface area contributed by atoms with E-state index >= 15 is 0 Å². The summed E-state index contributed by atoms with van der Waals surface area (Å²) in [6.45, 7) is 0.936. The molecule has 0 N–H and O–H groups in total. The van der Waals surface area contributed by atoms with Crippen LogP contribution in [0.5, 0.6) is 0 Å². The van der Waals surface area contributed by atoms with Crippen LogP contribution in [0.2, 0.25) is 0 Å². The lowest BCUT2D eigenvalue weighted by molar-refractivity contribution is -0.645. The van der Waals surface area contributed by atoms with Gasteiger partial charge in [-0.05, 0) is 34.5 Å². The average Bonchev–Trinajstić information content (AvgIpc) is 3.10. The van der Waals surface area contributed by atoms with Gasteiger partial charge in [-0.15, -0.1) is 0 Å². The number of fused-ring (bicyclic) bond motifs is 6. The van der Waals surface area contributed by atoms with Crippen LogP contribution in [0.25, 0.3) is 44.1 Å². The summed E-state index contributed by atoms with van der Waals surface area (Å²) in [6.07, 6.45) is 0. The first kappa shape index (κ1) is 14.7. The van der Waals surface area contributed by atoms with Gasteiger partial charge in [0.25, 0.3) is 0 Å². The van der Waals surface area contributed by atoms with Gasteiger partial charge in [0.2, 0.25) is 11.2 Å². The SMILES string of the molecule is c1ccc(-c2cc3[n+](c4ccccc24)Cc2cc4ccccc4cc2-3)cc1. The molecule has 0 aliphatic carbocycles. The Hall–Kier alpha value is -3.45. The zero-order valence-corrected chi connectivity index (χ0v) is 14.9. The number of aromatic nitrogens is 1. The third kappa shape index (κ3) is 2.15. The Morgan fingerprint density at radius 3 is 2.15 bits per heavy atom. The van der Waals surface area contributed by atoms with Crippen LogP contribution in [0.15, 0.2) is 97.1 Å². The molecule has 1 aliphatic rings. The van der Waals surface area contributed by atoms with Crippen molar-refractivity contribution in [3.05, 3.63) is 103 Å². The molecular weight excluding hydrogens is 326 g/mol. The molecular formula is C26H18N+. The predicted octanol–water partition coefficient (Wildman–Crippen LogP) is 5.98. The summed E-state index contributed by atoms with van der Waals surface area (Å²) in [5, 5.41) is 3.93. The standard InChI is InChI=1S/C26H18N/c1-2-8-18(9-3-1)23-16-26-24-15-20-11-5-4-10-19(20)14-21(24)17-27(26)25-13-7-6-12-22(23)25/h1-16H,17H2/q+1. The smallest absolute Gasteiger partial charge is 0.187 e. The Kier molecular flexibility index (Phi) is 3.00. The van der Waals surface area contributed by atoms with E-state index in [-0.39, 0.29) is 0 Å². The van der Waals surface area contributed by atoms with Gasteiger partial charge in [-0.2, -0.15) is 4.57 Å². The second-order valence-electron chi connectivity index (χ2n) is 7.27. The van der Waals surface area contributed by atoms with Crippen LogP contribution in [-0.2, 0) is 6.54 Å². The maximum absolute atomic E-state index is 2.46. The van der Waals surface area contributed by atoms with Gasteiger partial charge in [0, 0.05) is 23.3 Å². The zero-order chi connectivity index (χ0) is 17.8. The molecule has 0 unspecified atom stereocenters. The van der Waals surface area contributed by atoms with Gasteiger partial charge in [0.1, 0.15) is 0 Å².